The fraction of sp³-hybridized carbons (Fsp3) is 0.542. The Morgan fingerprint density at radius 2 is 1.91 bits per heavy atom. The number of benzene rings is 1. The third kappa shape index (κ3) is 4.74. The molecule has 2 aliphatic rings. The zero-order valence-corrected chi connectivity index (χ0v) is 19.3. The number of hydrogen-bond donors (Lipinski definition) is 1. The van der Waals surface area contributed by atoms with Crippen LogP contribution in [0.1, 0.15) is 38.5 Å². The lowest BCUT2D eigenvalue weighted by atomic mass is 10.1. The van der Waals surface area contributed by atoms with Crippen molar-refractivity contribution in [1.82, 2.24) is 24.4 Å². The van der Waals surface area contributed by atoms with Crippen LogP contribution in [0.2, 0.25) is 0 Å². The molecule has 1 unspecified atom stereocenters. The van der Waals surface area contributed by atoms with Crippen molar-refractivity contribution in [2.45, 2.75) is 44.7 Å². The summed E-state index contributed by atoms with van der Waals surface area (Å²) in [4.78, 5) is 18.6. The maximum atomic E-state index is 6.49. The molecule has 5 rings (SSSR count). The number of piperidine rings is 1. The molecule has 176 valence electrons. The third-order valence-electron chi connectivity index (χ3n) is 6.58. The maximum absolute atomic E-state index is 6.49. The van der Waals surface area contributed by atoms with Crippen LogP contribution in [-0.4, -0.2) is 70.5 Å². The standard InChI is InChI=1S/C24H33N7O2/c1-32-20-15-18-19(16-21(20)33-14-6-11-29-9-4-5-10-29)27-24(30-13-8-26-17-30)28-23(18)31-12-3-2-7-22(31)25/h8,13,15-17,22H,2-7,9-12,14,25H2,1H3. The van der Waals surface area contributed by atoms with Gasteiger partial charge in [0.1, 0.15) is 12.1 Å². The molecule has 0 radical (unpaired) electrons. The van der Waals surface area contributed by atoms with Crippen molar-refractivity contribution < 1.29 is 9.47 Å². The molecule has 0 saturated carbocycles. The lowest BCUT2D eigenvalue weighted by Gasteiger charge is -2.34. The molecule has 3 aromatic rings. The highest BCUT2D eigenvalue weighted by atomic mass is 16.5. The van der Waals surface area contributed by atoms with Gasteiger partial charge >= 0.3 is 0 Å². The fourth-order valence-electron chi connectivity index (χ4n) is 4.79. The van der Waals surface area contributed by atoms with Gasteiger partial charge in [0.05, 0.1) is 25.4 Å². The lowest BCUT2D eigenvalue weighted by Crippen LogP contribution is -2.46. The van der Waals surface area contributed by atoms with E-state index in [9.17, 15) is 0 Å². The third-order valence-corrected chi connectivity index (χ3v) is 6.58. The number of nitrogens with two attached hydrogens (primary N) is 1. The molecule has 0 spiro atoms. The summed E-state index contributed by atoms with van der Waals surface area (Å²) >= 11 is 0. The summed E-state index contributed by atoms with van der Waals surface area (Å²) in [5, 5.41) is 0.914. The zero-order valence-electron chi connectivity index (χ0n) is 19.3. The van der Waals surface area contributed by atoms with Crippen molar-refractivity contribution in [1.29, 1.82) is 0 Å². The van der Waals surface area contributed by atoms with Crippen LogP contribution in [0.5, 0.6) is 11.5 Å². The average Bonchev–Trinajstić information content (AvgIpc) is 3.56. The van der Waals surface area contributed by atoms with Gasteiger partial charge in [-0.3, -0.25) is 4.57 Å². The molecule has 0 bridgehead atoms. The Hall–Kier alpha value is -2.91. The average molecular weight is 452 g/mol. The summed E-state index contributed by atoms with van der Waals surface area (Å²) in [6.07, 6.45) is 12.0. The van der Waals surface area contributed by atoms with Gasteiger partial charge in [-0.25, -0.2) is 9.97 Å². The monoisotopic (exact) mass is 451 g/mol. The van der Waals surface area contributed by atoms with E-state index in [1.165, 1.54) is 25.9 Å². The maximum Gasteiger partial charge on any atom is 0.237 e. The second kappa shape index (κ2) is 9.93. The molecule has 33 heavy (non-hydrogen) atoms. The molecule has 0 aliphatic carbocycles. The van der Waals surface area contributed by atoms with Gasteiger partial charge in [-0.05, 0) is 57.7 Å². The highest BCUT2D eigenvalue weighted by molar-refractivity contribution is 5.93. The number of fused-ring (bicyclic) bond motifs is 1. The molecule has 2 fully saturated rings. The normalized spacial score (nSPS) is 19.3. The van der Waals surface area contributed by atoms with Gasteiger partial charge in [0.2, 0.25) is 5.95 Å². The van der Waals surface area contributed by atoms with E-state index < -0.39 is 0 Å². The van der Waals surface area contributed by atoms with Crippen LogP contribution in [-0.2, 0) is 0 Å². The molecule has 1 aromatic carbocycles. The molecular weight excluding hydrogens is 418 g/mol. The van der Waals surface area contributed by atoms with E-state index in [1.54, 1.807) is 19.6 Å². The highest BCUT2D eigenvalue weighted by Gasteiger charge is 2.24. The summed E-state index contributed by atoms with van der Waals surface area (Å²) in [6.45, 7) is 4.98. The summed E-state index contributed by atoms with van der Waals surface area (Å²) in [5.74, 6) is 2.79. The number of aromatic nitrogens is 4. The molecule has 1 atom stereocenters. The van der Waals surface area contributed by atoms with Crippen LogP contribution in [0.15, 0.2) is 30.9 Å². The Morgan fingerprint density at radius 3 is 2.67 bits per heavy atom. The van der Waals surface area contributed by atoms with Crippen molar-refractivity contribution in [2.75, 3.05) is 44.8 Å². The van der Waals surface area contributed by atoms with Gasteiger partial charge in [-0.1, -0.05) is 0 Å². The Bertz CT molecular complexity index is 1070. The quantitative estimate of drug-likeness (QED) is 0.523. The van der Waals surface area contributed by atoms with Crippen molar-refractivity contribution in [3.63, 3.8) is 0 Å². The smallest absolute Gasteiger partial charge is 0.237 e. The molecule has 9 heteroatoms. The molecule has 9 nitrogen and oxygen atoms in total. The van der Waals surface area contributed by atoms with Gasteiger partial charge in [-0.15, -0.1) is 0 Å². The summed E-state index contributed by atoms with van der Waals surface area (Å²) in [6, 6.07) is 3.95. The SMILES string of the molecule is COc1cc2c(N3CCCCC3N)nc(-n3ccnc3)nc2cc1OCCCN1CCCC1. The molecule has 2 saturated heterocycles. The van der Waals surface area contributed by atoms with Gasteiger partial charge in [0.25, 0.3) is 0 Å². The summed E-state index contributed by atoms with van der Waals surface area (Å²) in [7, 11) is 1.67. The number of rotatable bonds is 8. The van der Waals surface area contributed by atoms with Crippen molar-refractivity contribution in [3.8, 4) is 17.4 Å². The minimum atomic E-state index is -0.0694. The Balaban J connectivity index is 1.48. The van der Waals surface area contributed by atoms with Crippen molar-refractivity contribution in [3.05, 3.63) is 30.9 Å². The van der Waals surface area contributed by atoms with E-state index in [1.807, 2.05) is 22.9 Å². The predicted octanol–water partition coefficient (Wildman–Crippen LogP) is 2.96. The van der Waals surface area contributed by atoms with Crippen LogP contribution in [0, 0.1) is 0 Å². The number of hydrogen-bond acceptors (Lipinski definition) is 8. The largest absolute Gasteiger partial charge is 0.493 e. The Morgan fingerprint density at radius 1 is 1.06 bits per heavy atom. The molecule has 2 N–H and O–H groups in total. The second-order valence-corrected chi connectivity index (χ2v) is 8.84. The predicted molar refractivity (Wildman–Crippen MR) is 128 cm³/mol. The molecule has 2 aliphatic heterocycles. The van der Waals surface area contributed by atoms with Crippen LogP contribution in [0.4, 0.5) is 5.82 Å². The number of nitrogens with zero attached hydrogens (tertiary/aromatic N) is 6. The van der Waals surface area contributed by atoms with Crippen molar-refractivity contribution in [2.24, 2.45) is 5.73 Å². The molecular formula is C24H33N7O2. The first-order valence-electron chi connectivity index (χ1n) is 12.0. The van der Waals surface area contributed by atoms with E-state index in [-0.39, 0.29) is 6.17 Å². The fourth-order valence-corrected chi connectivity index (χ4v) is 4.79. The first kappa shape index (κ1) is 21.9. The van der Waals surface area contributed by atoms with Gasteiger partial charge in [-0.2, -0.15) is 4.98 Å². The Labute approximate surface area is 194 Å². The lowest BCUT2D eigenvalue weighted by molar-refractivity contribution is 0.254. The number of likely N-dealkylation sites (tertiary alicyclic amines) is 1. The topological polar surface area (TPSA) is 94.6 Å². The van der Waals surface area contributed by atoms with E-state index >= 15 is 0 Å². The molecule has 2 aromatic heterocycles. The summed E-state index contributed by atoms with van der Waals surface area (Å²) in [5.41, 5.74) is 7.29. The van der Waals surface area contributed by atoms with Crippen LogP contribution in [0.3, 0.4) is 0 Å². The van der Waals surface area contributed by atoms with Gasteiger partial charge in [0.15, 0.2) is 11.5 Å². The van der Waals surface area contributed by atoms with E-state index in [4.69, 9.17) is 25.2 Å². The van der Waals surface area contributed by atoms with Gasteiger partial charge < -0.3 is 25.0 Å². The van der Waals surface area contributed by atoms with Crippen molar-refractivity contribution >= 4 is 16.7 Å². The van der Waals surface area contributed by atoms with E-state index in [0.29, 0.717) is 24.1 Å². The minimum absolute atomic E-state index is 0.0694. The molecule has 4 heterocycles. The minimum Gasteiger partial charge on any atom is -0.493 e. The summed E-state index contributed by atoms with van der Waals surface area (Å²) < 4.78 is 13.7. The highest BCUT2D eigenvalue weighted by Crippen LogP contribution is 2.37. The van der Waals surface area contributed by atoms with Crippen LogP contribution in [0.25, 0.3) is 16.9 Å². The number of anilines is 1. The zero-order chi connectivity index (χ0) is 22.6. The van der Waals surface area contributed by atoms with Gasteiger partial charge in [0, 0.05) is 36.9 Å². The number of imidazole rings is 1. The van der Waals surface area contributed by atoms with E-state index in [2.05, 4.69) is 14.8 Å². The molecule has 0 amide bonds. The number of ether oxygens (including phenoxy) is 2. The van der Waals surface area contributed by atoms with Crippen LogP contribution >= 0.6 is 0 Å². The number of methoxy groups -OCH3 is 1. The first-order chi connectivity index (χ1) is 16.2. The second-order valence-electron chi connectivity index (χ2n) is 8.84. The van der Waals surface area contributed by atoms with Crippen LogP contribution < -0.4 is 20.1 Å². The Kier molecular flexibility index (Phi) is 6.59. The van der Waals surface area contributed by atoms with E-state index in [0.717, 1.165) is 55.5 Å². The first-order valence-corrected chi connectivity index (χ1v) is 12.0.